The maximum absolute atomic E-state index is 12.5. The van der Waals surface area contributed by atoms with Crippen LogP contribution in [0.15, 0.2) is 12.4 Å². The highest BCUT2D eigenvalue weighted by Gasteiger charge is 2.33. The first kappa shape index (κ1) is 13.7. The third-order valence-electron chi connectivity index (χ3n) is 2.19. The Bertz CT molecular complexity index is 365. The SMILES string of the molecule is CC(C)N(CC(F)(F)F)c1nccnc1CN. The summed E-state index contributed by atoms with van der Waals surface area (Å²) in [5.41, 5.74) is 5.81. The molecule has 4 nitrogen and oxygen atoms in total. The van der Waals surface area contributed by atoms with Crippen LogP contribution in [0, 0.1) is 0 Å². The smallest absolute Gasteiger partial charge is 0.344 e. The molecule has 0 amide bonds. The molecule has 17 heavy (non-hydrogen) atoms. The van der Waals surface area contributed by atoms with Crippen LogP contribution in [0.3, 0.4) is 0 Å². The zero-order valence-corrected chi connectivity index (χ0v) is 9.70. The second-order valence-corrected chi connectivity index (χ2v) is 3.87. The lowest BCUT2D eigenvalue weighted by atomic mass is 10.2. The minimum atomic E-state index is -4.28. The molecule has 1 rings (SSSR count). The van der Waals surface area contributed by atoms with Gasteiger partial charge in [-0.1, -0.05) is 0 Å². The van der Waals surface area contributed by atoms with Gasteiger partial charge in [0.25, 0.3) is 0 Å². The summed E-state index contributed by atoms with van der Waals surface area (Å²) in [5.74, 6) is 0.197. The van der Waals surface area contributed by atoms with Gasteiger partial charge in [0.05, 0.1) is 5.69 Å². The van der Waals surface area contributed by atoms with Crippen LogP contribution >= 0.6 is 0 Å². The number of anilines is 1. The van der Waals surface area contributed by atoms with Crippen LogP contribution in [-0.4, -0.2) is 28.7 Å². The summed E-state index contributed by atoms with van der Waals surface area (Å²) in [7, 11) is 0. The summed E-state index contributed by atoms with van der Waals surface area (Å²) in [6, 6.07) is -0.335. The van der Waals surface area contributed by atoms with E-state index in [1.807, 2.05) is 0 Å². The molecule has 0 saturated carbocycles. The first-order valence-electron chi connectivity index (χ1n) is 5.18. The fraction of sp³-hybridized carbons (Fsp3) is 0.600. The largest absolute Gasteiger partial charge is 0.405 e. The van der Waals surface area contributed by atoms with Crippen molar-refractivity contribution >= 4 is 5.82 Å². The number of aromatic nitrogens is 2. The van der Waals surface area contributed by atoms with Crippen molar-refractivity contribution in [2.75, 3.05) is 11.4 Å². The van der Waals surface area contributed by atoms with Gasteiger partial charge in [-0.25, -0.2) is 4.98 Å². The fourth-order valence-corrected chi connectivity index (χ4v) is 1.44. The van der Waals surface area contributed by atoms with Crippen LogP contribution in [0.1, 0.15) is 19.5 Å². The highest BCUT2D eigenvalue weighted by atomic mass is 19.4. The zero-order chi connectivity index (χ0) is 13.1. The van der Waals surface area contributed by atoms with Crippen molar-refractivity contribution in [2.45, 2.75) is 32.6 Å². The Morgan fingerprint density at radius 1 is 1.29 bits per heavy atom. The van der Waals surface area contributed by atoms with Gasteiger partial charge in [-0.15, -0.1) is 0 Å². The van der Waals surface area contributed by atoms with E-state index in [1.54, 1.807) is 13.8 Å². The first-order valence-corrected chi connectivity index (χ1v) is 5.18. The van der Waals surface area contributed by atoms with Gasteiger partial charge in [0.15, 0.2) is 5.82 Å². The van der Waals surface area contributed by atoms with Crippen LogP contribution in [0.5, 0.6) is 0 Å². The summed E-state index contributed by atoms with van der Waals surface area (Å²) >= 11 is 0. The Morgan fingerprint density at radius 3 is 2.35 bits per heavy atom. The van der Waals surface area contributed by atoms with Crippen molar-refractivity contribution in [2.24, 2.45) is 5.73 Å². The Hall–Kier alpha value is -1.37. The van der Waals surface area contributed by atoms with Gasteiger partial charge >= 0.3 is 6.18 Å². The number of halogens is 3. The van der Waals surface area contributed by atoms with Gasteiger partial charge in [-0.05, 0) is 13.8 Å². The Morgan fingerprint density at radius 2 is 1.88 bits per heavy atom. The van der Waals surface area contributed by atoms with E-state index in [1.165, 1.54) is 12.4 Å². The molecule has 0 radical (unpaired) electrons. The van der Waals surface area contributed by atoms with E-state index in [9.17, 15) is 13.2 Å². The zero-order valence-electron chi connectivity index (χ0n) is 9.70. The van der Waals surface area contributed by atoms with Crippen LogP contribution in [0.2, 0.25) is 0 Å². The minimum Gasteiger partial charge on any atom is -0.344 e. The lowest BCUT2D eigenvalue weighted by Gasteiger charge is -2.29. The maximum Gasteiger partial charge on any atom is 0.405 e. The second kappa shape index (κ2) is 5.31. The molecule has 0 aromatic carbocycles. The molecule has 0 aliphatic carbocycles. The standard InChI is InChI=1S/C10H15F3N4/c1-7(2)17(6-10(11,12)13)9-8(5-14)15-3-4-16-9/h3-4,7H,5-6,14H2,1-2H3. The molecule has 7 heteroatoms. The van der Waals surface area contributed by atoms with Gasteiger partial charge in [0, 0.05) is 25.0 Å². The molecule has 1 aromatic heterocycles. The molecule has 0 aliphatic rings. The lowest BCUT2D eigenvalue weighted by Crippen LogP contribution is -2.40. The second-order valence-electron chi connectivity index (χ2n) is 3.87. The molecule has 1 heterocycles. The summed E-state index contributed by atoms with van der Waals surface area (Å²) in [5, 5.41) is 0. The molecule has 0 spiro atoms. The van der Waals surface area contributed by atoms with Crippen LogP contribution in [-0.2, 0) is 6.54 Å². The molecular formula is C10H15F3N4. The predicted octanol–water partition coefficient (Wildman–Crippen LogP) is 1.71. The monoisotopic (exact) mass is 248 g/mol. The molecule has 96 valence electrons. The van der Waals surface area contributed by atoms with E-state index in [0.717, 1.165) is 4.90 Å². The lowest BCUT2D eigenvalue weighted by molar-refractivity contribution is -0.120. The van der Waals surface area contributed by atoms with Crippen molar-refractivity contribution in [1.29, 1.82) is 0 Å². The van der Waals surface area contributed by atoms with E-state index in [2.05, 4.69) is 9.97 Å². The van der Waals surface area contributed by atoms with E-state index in [-0.39, 0.29) is 18.4 Å². The number of nitrogens with zero attached hydrogens (tertiary/aromatic N) is 3. The first-order chi connectivity index (χ1) is 7.85. The quantitative estimate of drug-likeness (QED) is 0.881. The van der Waals surface area contributed by atoms with E-state index in [0.29, 0.717) is 5.69 Å². The molecule has 0 atom stereocenters. The molecule has 0 unspecified atom stereocenters. The molecule has 0 bridgehead atoms. The molecule has 0 saturated heterocycles. The molecule has 1 aromatic rings. The highest BCUT2D eigenvalue weighted by molar-refractivity contribution is 5.44. The van der Waals surface area contributed by atoms with Gasteiger partial charge in [-0.2, -0.15) is 13.2 Å². The Labute approximate surface area is 97.7 Å². The van der Waals surface area contributed by atoms with Crippen molar-refractivity contribution < 1.29 is 13.2 Å². The van der Waals surface area contributed by atoms with Gasteiger partial charge in [-0.3, -0.25) is 4.98 Å². The number of hydrogen-bond acceptors (Lipinski definition) is 4. The van der Waals surface area contributed by atoms with E-state index in [4.69, 9.17) is 5.73 Å². The molecular weight excluding hydrogens is 233 g/mol. The van der Waals surface area contributed by atoms with Crippen LogP contribution in [0.4, 0.5) is 19.0 Å². The summed E-state index contributed by atoms with van der Waals surface area (Å²) in [6.07, 6.45) is -1.51. The summed E-state index contributed by atoms with van der Waals surface area (Å²) < 4.78 is 37.4. The molecule has 0 aliphatic heterocycles. The average molecular weight is 248 g/mol. The average Bonchev–Trinajstić information content (AvgIpc) is 2.24. The van der Waals surface area contributed by atoms with Crippen molar-refractivity contribution in [3.8, 4) is 0 Å². The number of nitrogens with two attached hydrogens (primary N) is 1. The third kappa shape index (κ3) is 3.85. The predicted molar refractivity (Wildman–Crippen MR) is 58.5 cm³/mol. The van der Waals surface area contributed by atoms with Gasteiger partial charge in [0.2, 0.25) is 0 Å². The molecule has 2 N–H and O–H groups in total. The highest BCUT2D eigenvalue weighted by Crippen LogP contribution is 2.24. The van der Waals surface area contributed by atoms with Crippen LogP contribution < -0.4 is 10.6 Å². The molecule has 0 fully saturated rings. The van der Waals surface area contributed by atoms with Crippen molar-refractivity contribution in [3.63, 3.8) is 0 Å². The summed E-state index contributed by atoms with van der Waals surface area (Å²) in [6.45, 7) is 2.34. The maximum atomic E-state index is 12.5. The number of rotatable bonds is 4. The fourth-order valence-electron chi connectivity index (χ4n) is 1.44. The number of hydrogen-bond donors (Lipinski definition) is 1. The van der Waals surface area contributed by atoms with Crippen molar-refractivity contribution in [3.05, 3.63) is 18.1 Å². The topological polar surface area (TPSA) is 55.0 Å². The van der Waals surface area contributed by atoms with E-state index >= 15 is 0 Å². The third-order valence-corrected chi connectivity index (χ3v) is 2.19. The normalized spacial score (nSPS) is 11.9. The minimum absolute atomic E-state index is 0.0598. The summed E-state index contributed by atoms with van der Waals surface area (Å²) in [4.78, 5) is 9.02. The number of alkyl halides is 3. The van der Waals surface area contributed by atoms with Gasteiger partial charge < -0.3 is 10.6 Å². The van der Waals surface area contributed by atoms with Crippen LogP contribution in [0.25, 0.3) is 0 Å². The van der Waals surface area contributed by atoms with E-state index < -0.39 is 12.7 Å². The van der Waals surface area contributed by atoms with Crippen molar-refractivity contribution in [1.82, 2.24) is 9.97 Å². The van der Waals surface area contributed by atoms with Gasteiger partial charge in [0.1, 0.15) is 6.54 Å². The Balaban J connectivity index is 3.05. The Kier molecular flexibility index (Phi) is 4.28.